The zero-order valence-electron chi connectivity index (χ0n) is 14.0. The Morgan fingerprint density at radius 2 is 1.74 bits per heavy atom. The number of nitrogens with two attached hydrogens (primary N) is 1. The van der Waals surface area contributed by atoms with Gasteiger partial charge in [0.05, 0.1) is 7.11 Å². The predicted molar refractivity (Wildman–Crippen MR) is 99.1 cm³/mol. The molecule has 0 aliphatic rings. The molecule has 0 aromatic heterocycles. The third kappa shape index (κ3) is 2.89. The van der Waals surface area contributed by atoms with Crippen LogP contribution in [0.25, 0.3) is 21.9 Å². The first-order valence-electron chi connectivity index (χ1n) is 8.10. The lowest BCUT2D eigenvalue weighted by atomic mass is 9.91. The van der Waals surface area contributed by atoms with E-state index in [0.29, 0.717) is 5.92 Å². The van der Waals surface area contributed by atoms with E-state index in [2.05, 4.69) is 56.3 Å². The normalized spacial score (nSPS) is 12.3. The van der Waals surface area contributed by atoms with Gasteiger partial charge in [-0.2, -0.15) is 0 Å². The van der Waals surface area contributed by atoms with Gasteiger partial charge in [0.1, 0.15) is 5.75 Å². The molecule has 2 heteroatoms. The van der Waals surface area contributed by atoms with Gasteiger partial charge in [0.2, 0.25) is 0 Å². The van der Waals surface area contributed by atoms with Crippen LogP contribution in [0.15, 0.2) is 54.6 Å². The Hall–Kier alpha value is -2.48. The molecule has 0 bridgehead atoms. The minimum absolute atomic E-state index is 0.410. The summed E-state index contributed by atoms with van der Waals surface area (Å²) >= 11 is 0. The predicted octanol–water partition coefficient (Wildman–Crippen LogP) is 5.61. The molecule has 0 saturated heterocycles. The van der Waals surface area contributed by atoms with Crippen LogP contribution in [-0.2, 0) is 0 Å². The van der Waals surface area contributed by atoms with Crippen LogP contribution >= 0.6 is 0 Å². The van der Waals surface area contributed by atoms with E-state index in [-0.39, 0.29) is 0 Å². The fourth-order valence-electron chi connectivity index (χ4n) is 3.06. The highest BCUT2D eigenvalue weighted by atomic mass is 16.5. The van der Waals surface area contributed by atoms with E-state index in [0.717, 1.165) is 29.0 Å². The molecule has 3 aromatic rings. The van der Waals surface area contributed by atoms with Crippen LogP contribution in [0.5, 0.6) is 5.75 Å². The van der Waals surface area contributed by atoms with Crippen LogP contribution in [0.2, 0.25) is 0 Å². The largest absolute Gasteiger partial charge is 0.496 e. The van der Waals surface area contributed by atoms with Gasteiger partial charge in [-0.3, -0.25) is 0 Å². The minimum Gasteiger partial charge on any atom is -0.496 e. The molecule has 2 N–H and O–H groups in total. The van der Waals surface area contributed by atoms with Crippen molar-refractivity contribution in [1.82, 2.24) is 0 Å². The highest BCUT2D eigenvalue weighted by Gasteiger charge is 2.16. The van der Waals surface area contributed by atoms with Crippen molar-refractivity contribution < 1.29 is 4.74 Å². The van der Waals surface area contributed by atoms with Crippen LogP contribution in [0.4, 0.5) is 5.69 Å². The Morgan fingerprint density at radius 1 is 1.00 bits per heavy atom. The first kappa shape index (κ1) is 15.4. The van der Waals surface area contributed by atoms with Crippen molar-refractivity contribution in [2.24, 2.45) is 0 Å². The number of benzene rings is 3. The van der Waals surface area contributed by atoms with Gasteiger partial charge in [0, 0.05) is 11.3 Å². The fourth-order valence-corrected chi connectivity index (χ4v) is 3.06. The molecular weight excluding hydrogens is 282 g/mol. The number of hydrogen-bond acceptors (Lipinski definition) is 2. The minimum atomic E-state index is 0.410. The Bertz CT molecular complexity index is 838. The molecule has 3 aromatic carbocycles. The van der Waals surface area contributed by atoms with E-state index in [1.165, 1.54) is 16.3 Å². The van der Waals surface area contributed by atoms with Crippen molar-refractivity contribution >= 4 is 16.5 Å². The van der Waals surface area contributed by atoms with Crippen LogP contribution in [0, 0.1) is 0 Å². The number of fused-ring (bicyclic) bond motifs is 1. The molecule has 118 valence electrons. The van der Waals surface area contributed by atoms with E-state index in [9.17, 15) is 0 Å². The fraction of sp³-hybridized carbons (Fsp3) is 0.238. The second kappa shape index (κ2) is 6.33. The molecule has 0 saturated carbocycles. The van der Waals surface area contributed by atoms with E-state index in [1.807, 2.05) is 12.1 Å². The average molecular weight is 305 g/mol. The molecule has 3 rings (SSSR count). The number of hydrogen-bond donors (Lipinski definition) is 1. The molecule has 0 fully saturated rings. The summed E-state index contributed by atoms with van der Waals surface area (Å²) in [6, 6.07) is 18.9. The molecular formula is C21H23NO. The third-order valence-electron chi connectivity index (χ3n) is 4.55. The summed E-state index contributed by atoms with van der Waals surface area (Å²) in [7, 11) is 1.74. The maximum absolute atomic E-state index is 6.17. The summed E-state index contributed by atoms with van der Waals surface area (Å²) in [5, 5.41) is 2.46. The highest BCUT2D eigenvalue weighted by molar-refractivity contribution is 5.89. The first-order valence-corrected chi connectivity index (χ1v) is 8.10. The number of nitrogen functional groups attached to an aromatic ring is 1. The molecule has 0 aliphatic heterocycles. The molecule has 1 atom stereocenters. The van der Waals surface area contributed by atoms with Crippen molar-refractivity contribution in [3.8, 4) is 16.9 Å². The average Bonchev–Trinajstić information content (AvgIpc) is 2.59. The molecule has 0 aliphatic carbocycles. The summed E-state index contributed by atoms with van der Waals surface area (Å²) in [5.41, 5.74) is 10.3. The summed E-state index contributed by atoms with van der Waals surface area (Å²) in [6.45, 7) is 4.39. The molecule has 1 unspecified atom stereocenters. The van der Waals surface area contributed by atoms with Crippen molar-refractivity contribution in [3.63, 3.8) is 0 Å². The van der Waals surface area contributed by atoms with Gasteiger partial charge >= 0.3 is 0 Å². The lowest BCUT2D eigenvalue weighted by molar-refractivity contribution is 0.407. The van der Waals surface area contributed by atoms with Gasteiger partial charge in [-0.1, -0.05) is 50.2 Å². The van der Waals surface area contributed by atoms with Crippen LogP contribution in [-0.4, -0.2) is 7.11 Å². The first-order chi connectivity index (χ1) is 11.1. The van der Waals surface area contributed by atoms with Gasteiger partial charge in [0.25, 0.3) is 0 Å². The SMILES string of the molecule is CCC(C)c1cc(N)cc(-c2ccc3ccccc3c2)c1OC. The summed E-state index contributed by atoms with van der Waals surface area (Å²) in [6.07, 6.45) is 1.05. The van der Waals surface area contributed by atoms with Gasteiger partial charge in [-0.05, 0) is 52.4 Å². The van der Waals surface area contributed by atoms with Crippen molar-refractivity contribution in [1.29, 1.82) is 0 Å². The standard InChI is InChI=1S/C21H23NO/c1-4-14(2)19-12-18(22)13-20(21(19)23-3)17-10-9-15-7-5-6-8-16(15)11-17/h5-14H,4,22H2,1-3H3. The number of methoxy groups -OCH3 is 1. The smallest absolute Gasteiger partial charge is 0.130 e. The topological polar surface area (TPSA) is 35.2 Å². The Labute approximate surface area is 137 Å². The molecule has 0 radical (unpaired) electrons. The molecule has 23 heavy (non-hydrogen) atoms. The Kier molecular flexibility index (Phi) is 4.24. The van der Waals surface area contributed by atoms with Crippen LogP contribution < -0.4 is 10.5 Å². The summed E-state index contributed by atoms with van der Waals surface area (Å²) in [5.74, 6) is 1.34. The van der Waals surface area contributed by atoms with E-state index < -0.39 is 0 Å². The number of ether oxygens (including phenoxy) is 1. The van der Waals surface area contributed by atoms with E-state index in [1.54, 1.807) is 7.11 Å². The van der Waals surface area contributed by atoms with Gasteiger partial charge in [-0.25, -0.2) is 0 Å². The second-order valence-corrected chi connectivity index (χ2v) is 6.06. The van der Waals surface area contributed by atoms with Crippen molar-refractivity contribution in [2.75, 3.05) is 12.8 Å². The van der Waals surface area contributed by atoms with Gasteiger partial charge in [0.15, 0.2) is 0 Å². The van der Waals surface area contributed by atoms with E-state index >= 15 is 0 Å². The second-order valence-electron chi connectivity index (χ2n) is 6.06. The Morgan fingerprint density at radius 3 is 2.43 bits per heavy atom. The lowest BCUT2D eigenvalue weighted by Gasteiger charge is -2.19. The molecule has 0 heterocycles. The quantitative estimate of drug-likeness (QED) is 0.636. The monoisotopic (exact) mass is 305 g/mol. The van der Waals surface area contributed by atoms with Gasteiger partial charge < -0.3 is 10.5 Å². The van der Waals surface area contributed by atoms with Crippen LogP contribution in [0.1, 0.15) is 31.7 Å². The summed E-state index contributed by atoms with van der Waals surface area (Å²) in [4.78, 5) is 0. The Balaban J connectivity index is 2.22. The maximum Gasteiger partial charge on any atom is 0.130 e. The molecule has 2 nitrogen and oxygen atoms in total. The zero-order chi connectivity index (χ0) is 16.4. The van der Waals surface area contributed by atoms with Crippen LogP contribution in [0.3, 0.4) is 0 Å². The summed E-state index contributed by atoms with van der Waals surface area (Å²) < 4.78 is 5.77. The van der Waals surface area contributed by atoms with Gasteiger partial charge in [-0.15, -0.1) is 0 Å². The van der Waals surface area contributed by atoms with Crippen molar-refractivity contribution in [2.45, 2.75) is 26.2 Å². The maximum atomic E-state index is 6.17. The number of rotatable bonds is 4. The zero-order valence-corrected chi connectivity index (χ0v) is 14.0. The van der Waals surface area contributed by atoms with Crippen molar-refractivity contribution in [3.05, 3.63) is 60.2 Å². The molecule has 0 spiro atoms. The number of anilines is 1. The van der Waals surface area contributed by atoms with E-state index in [4.69, 9.17) is 10.5 Å². The third-order valence-corrected chi connectivity index (χ3v) is 4.55. The lowest BCUT2D eigenvalue weighted by Crippen LogP contribution is -2.01. The molecule has 0 amide bonds. The highest BCUT2D eigenvalue weighted by Crippen LogP contribution is 2.40.